The Morgan fingerprint density at radius 2 is 1.75 bits per heavy atom. The summed E-state index contributed by atoms with van der Waals surface area (Å²) in [6.07, 6.45) is 0. The largest absolute Gasteiger partial charge is 0.340 e. The standard InChI is InChI=1S/C9H17BrN2O3S/c1-8(2)9(13)11-3-5-12(6-4-11)16(14,15)7-10/h8H,3-7H2,1-2H3. The van der Waals surface area contributed by atoms with Gasteiger partial charge in [0.25, 0.3) is 0 Å². The summed E-state index contributed by atoms with van der Waals surface area (Å²) in [6.45, 7) is 5.47. The van der Waals surface area contributed by atoms with Crippen molar-refractivity contribution in [1.82, 2.24) is 9.21 Å². The molecule has 0 atom stereocenters. The lowest BCUT2D eigenvalue weighted by Gasteiger charge is -2.34. The van der Waals surface area contributed by atoms with Crippen LogP contribution in [0, 0.1) is 5.92 Å². The molecule has 1 fully saturated rings. The number of halogens is 1. The van der Waals surface area contributed by atoms with E-state index in [0.717, 1.165) is 0 Å². The van der Waals surface area contributed by atoms with E-state index in [9.17, 15) is 13.2 Å². The van der Waals surface area contributed by atoms with Crippen LogP contribution in [0.2, 0.25) is 0 Å². The van der Waals surface area contributed by atoms with E-state index in [0.29, 0.717) is 26.2 Å². The predicted molar refractivity (Wildman–Crippen MR) is 65.7 cm³/mol. The number of hydrogen-bond acceptors (Lipinski definition) is 3. The molecule has 16 heavy (non-hydrogen) atoms. The zero-order chi connectivity index (χ0) is 12.3. The van der Waals surface area contributed by atoms with Gasteiger partial charge in [0.05, 0.1) is 0 Å². The molecule has 0 saturated carbocycles. The first-order valence-electron chi connectivity index (χ1n) is 5.21. The van der Waals surface area contributed by atoms with Gasteiger partial charge in [-0.25, -0.2) is 8.42 Å². The summed E-state index contributed by atoms with van der Waals surface area (Å²) >= 11 is 2.96. The number of alkyl halides is 1. The Morgan fingerprint density at radius 3 is 2.12 bits per heavy atom. The molecule has 0 unspecified atom stereocenters. The van der Waals surface area contributed by atoms with Crippen molar-refractivity contribution in [1.29, 1.82) is 0 Å². The molecule has 0 bridgehead atoms. The van der Waals surface area contributed by atoms with E-state index < -0.39 is 10.0 Å². The second-order valence-corrected chi connectivity index (χ2v) is 7.37. The van der Waals surface area contributed by atoms with Crippen LogP contribution in [-0.4, -0.2) is 54.4 Å². The zero-order valence-electron chi connectivity index (χ0n) is 9.52. The van der Waals surface area contributed by atoms with Gasteiger partial charge in [-0.1, -0.05) is 29.8 Å². The molecule has 1 rings (SSSR count). The monoisotopic (exact) mass is 312 g/mol. The smallest absolute Gasteiger partial charge is 0.225 e. The topological polar surface area (TPSA) is 57.7 Å². The van der Waals surface area contributed by atoms with Gasteiger partial charge < -0.3 is 4.90 Å². The van der Waals surface area contributed by atoms with E-state index >= 15 is 0 Å². The fraction of sp³-hybridized carbons (Fsp3) is 0.889. The molecule has 1 saturated heterocycles. The van der Waals surface area contributed by atoms with Crippen LogP contribution in [0.5, 0.6) is 0 Å². The second kappa shape index (κ2) is 5.46. The highest BCUT2D eigenvalue weighted by atomic mass is 79.9. The number of rotatable bonds is 3. The minimum Gasteiger partial charge on any atom is -0.340 e. The molecule has 0 aromatic rings. The lowest BCUT2D eigenvalue weighted by molar-refractivity contribution is -0.135. The molecule has 0 radical (unpaired) electrons. The van der Waals surface area contributed by atoms with E-state index in [1.165, 1.54) is 4.31 Å². The first-order chi connectivity index (χ1) is 7.38. The van der Waals surface area contributed by atoms with Crippen LogP contribution in [0.25, 0.3) is 0 Å². The Morgan fingerprint density at radius 1 is 1.25 bits per heavy atom. The van der Waals surface area contributed by atoms with Crippen molar-refractivity contribution in [3.8, 4) is 0 Å². The number of hydrogen-bond donors (Lipinski definition) is 0. The van der Waals surface area contributed by atoms with Gasteiger partial charge in [-0.15, -0.1) is 0 Å². The number of piperazine rings is 1. The highest BCUT2D eigenvalue weighted by Gasteiger charge is 2.28. The Bertz CT molecular complexity index is 348. The molecule has 7 heteroatoms. The summed E-state index contributed by atoms with van der Waals surface area (Å²) in [5.74, 6) is 0.0650. The minimum absolute atomic E-state index is 0.0284. The Hall–Kier alpha value is -0.140. The highest BCUT2D eigenvalue weighted by molar-refractivity contribution is 9.10. The van der Waals surface area contributed by atoms with Crippen LogP contribution in [0.15, 0.2) is 0 Å². The first-order valence-corrected chi connectivity index (χ1v) is 7.94. The summed E-state index contributed by atoms with van der Waals surface area (Å²) in [7, 11) is -3.18. The van der Waals surface area contributed by atoms with Gasteiger partial charge in [-0.05, 0) is 0 Å². The van der Waals surface area contributed by atoms with Crippen molar-refractivity contribution < 1.29 is 13.2 Å². The van der Waals surface area contributed by atoms with Crippen LogP contribution in [0.1, 0.15) is 13.8 Å². The van der Waals surface area contributed by atoms with Crippen molar-refractivity contribution >= 4 is 31.9 Å². The van der Waals surface area contributed by atoms with Gasteiger partial charge in [0.15, 0.2) is 0 Å². The second-order valence-electron chi connectivity index (χ2n) is 4.10. The van der Waals surface area contributed by atoms with E-state index in [1.54, 1.807) is 4.90 Å². The Kier molecular flexibility index (Phi) is 4.75. The van der Waals surface area contributed by atoms with Crippen LogP contribution in [-0.2, 0) is 14.8 Å². The number of nitrogens with zero attached hydrogens (tertiary/aromatic N) is 2. The van der Waals surface area contributed by atoms with Gasteiger partial charge in [-0.2, -0.15) is 4.31 Å². The normalized spacial score (nSPS) is 19.1. The molecule has 0 aromatic heterocycles. The average Bonchev–Trinajstić information content (AvgIpc) is 2.28. The Labute approximate surface area is 105 Å². The summed E-state index contributed by atoms with van der Waals surface area (Å²) < 4.78 is 24.4. The summed E-state index contributed by atoms with van der Waals surface area (Å²) in [4.78, 5) is 13.4. The lowest BCUT2D eigenvalue weighted by Crippen LogP contribution is -2.51. The fourth-order valence-electron chi connectivity index (χ4n) is 1.62. The maximum Gasteiger partial charge on any atom is 0.225 e. The average molecular weight is 313 g/mol. The summed E-state index contributed by atoms with van der Waals surface area (Å²) in [6, 6.07) is 0. The molecule has 0 aromatic carbocycles. The van der Waals surface area contributed by atoms with Crippen LogP contribution < -0.4 is 0 Å². The molecule has 1 amide bonds. The van der Waals surface area contributed by atoms with Gasteiger partial charge in [0, 0.05) is 32.1 Å². The van der Waals surface area contributed by atoms with Gasteiger partial charge in [0.2, 0.25) is 15.9 Å². The minimum atomic E-state index is -3.18. The van der Waals surface area contributed by atoms with Crippen molar-refractivity contribution in [2.45, 2.75) is 13.8 Å². The number of amides is 1. The highest BCUT2D eigenvalue weighted by Crippen LogP contribution is 2.11. The molecule has 0 N–H and O–H groups in total. The molecule has 1 aliphatic rings. The third kappa shape index (κ3) is 3.18. The van der Waals surface area contributed by atoms with E-state index in [4.69, 9.17) is 0 Å². The lowest BCUT2D eigenvalue weighted by atomic mass is 10.2. The zero-order valence-corrected chi connectivity index (χ0v) is 11.9. The molecule has 0 spiro atoms. The maximum atomic E-state index is 11.7. The van der Waals surface area contributed by atoms with Gasteiger partial charge in [0.1, 0.15) is 4.66 Å². The van der Waals surface area contributed by atoms with E-state index in [1.807, 2.05) is 13.8 Å². The molecule has 94 valence electrons. The third-order valence-electron chi connectivity index (χ3n) is 2.58. The molecular formula is C9H17BrN2O3S. The van der Waals surface area contributed by atoms with E-state index in [-0.39, 0.29) is 16.5 Å². The van der Waals surface area contributed by atoms with Crippen molar-refractivity contribution in [2.24, 2.45) is 5.92 Å². The number of sulfonamides is 1. The van der Waals surface area contributed by atoms with Crippen molar-refractivity contribution in [3.63, 3.8) is 0 Å². The number of carbonyl (C=O) groups is 1. The Balaban J connectivity index is 2.55. The van der Waals surface area contributed by atoms with Gasteiger partial charge >= 0.3 is 0 Å². The first kappa shape index (κ1) is 13.9. The number of carbonyl (C=O) groups excluding carboxylic acids is 1. The predicted octanol–water partition coefficient (Wildman–Crippen LogP) is 0.469. The maximum absolute atomic E-state index is 11.7. The van der Waals surface area contributed by atoms with E-state index in [2.05, 4.69) is 15.9 Å². The third-order valence-corrected chi connectivity index (χ3v) is 5.74. The van der Waals surface area contributed by atoms with Gasteiger partial charge in [-0.3, -0.25) is 4.79 Å². The molecular weight excluding hydrogens is 296 g/mol. The molecule has 0 aliphatic carbocycles. The summed E-state index contributed by atoms with van der Waals surface area (Å²) in [5.41, 5.74) is 0. The molecule has 1 aliphatic heterocycles. The van der Waals surface area contributed by atoms with Crippen LogP contribution >= 0.6 is 15.9 Å². The van der Waals surface area contributed by atoms with Crippen LogP contribution in [0.3, 0.4) is 0 Å². The molecule has 1 heterocycles. The summed E-state index contributed by atoms with van der Waals surface area (Å²) in [5, 5.41) is 0. The van der Waals surface area contributed by atoms with Crippen molar-refractivity contribution in [3.05, 3.63) is 0 Å². The fourth-order valence-corrected chi connectivity index (χ4v) is 3.35. The SMILES string of the molecule is CC(C)C(=O)N1CCN(S(=O)(=O)CBr)CC1. The van der Waals surface area contributed by atoms with Crippen molar-refractivity contribution in [2.75, 3.05) is 30.8 Å². The van der Waals surface area contributed by atoms with Crippen LogP contribution in [0.4, 0.5) is 0 Å². The quantitative estimate of drug-likeness (QED) is 0.712. The molecule has 5 nitrogen and oxygen atoms in total.